The topological polar surface area (TPSA) is 172 Å². The van der Waals surface area contributed by atoms with Gasteiger partial charge in [-0.2, -0.15) is 0 Å². The van der Waals surface area contributed by atoms with E-state index in [4.69, 9.17) is 11.6 Å². The third-order valence-corrected chi connectivity index (χ3v) is 5.98. The number of guanidine groups is 1. The van der Waals surface area contributed by atoms with Gasteiger partial charge in [-0.15, -0.1) is 0 Å². The van der Waals surface area contributed by atoms with Crippen molar-refractivity contribution in [3.8, 4) is 11.5 Å². The largest absolute Gasteiger partial charge is 0.508 e. The van der Waals surface area contributed by atoms with Gasteiger partial charge in [-0.3, -0.25) is 14.4 Å². The van der Waals surface area contributed by atoms with E-state index in [0.717, 1.165) is 0 Å². The summed E-state index contributed by atoms with van der Waals surface area (Å²) in [5.74, 6) is -2.80. The van der Waals surface area contributed by atoms with Gasteiger partial charge in [-0.05, 0) is 46.9 Å². The molecule has 0 spiro atoms. The van der Waals surface area contributed by atoms with E-state index < -0.39 is 43.0 Å². The normalized spacial score (nSPS) is 15.8. The summed E-state index contributed by atoms with van der Waals surface area (Å²) in [5.41, 5.74) is 0.450. The van der Waals surface area contributed by atoms with Crippen molar-refractivity contribution >= 4 is 63.6 Å². The van der Waals surface area contributed by atoms with Gasteiger partial charge in [0, 0.05) is 27.9 Å². The van der Waals surface area contributed by atoms with Gasteiger partial charge in [0.1, 0.15) is 17.7 Å². The number of alkyl halides is 1. The highest BCUT2D eigenvalue weighted by molar-refractivity contribution is 14.1. The molecule has 2 atom stereocenters. The Bertz CT molecular complexity index is 1210. The van der Waals surface area contributed by atoms with Crippen molar-refractivity contribution in [3.05, 3.63) is 50.1 Å². The summed E-state index contributed by atoms with van der Waals surface area (Å²) < 4.78 is 13.6. The number of carbonyl (C=O) groups excluding carboxylic acids is 2. The first-order valence-corrected chi connectivity index (χ1v) is 12.0. The van der Waals surface area contributed by atoms with E-state index in [0.29, 0.717) is 9.26 Å². The minimum Gasteiger partial charge on any atom is -0.508 e. The fourth-order valence-corrected chi connectivity index (χ4v) is 4.38. The number of aliphatic imine (C=N–C) groups is 1. The number of phenols is 2. The van der Waals surface area contributed by atoms with Gasteiger partial charge >= 0.3 is 5.97 Å². The van der Waals surface area contributed by atoms with Crippen LogP contribution >= 0.6 is 34.2 Å². The summed E-state index contributed by atoms with van der Waals surface area (Å²) in [7, 11) is 0. The van der Waals surface area contributed by atoms with Crippen LogP contribution in [0.2, 0.25) is 5.02 Å². The molecular weight excluding hydrogens is 612 g/mol. The van der Waals surface area contributed by atoms with Crippen LogP contribution in [0.25, 0.3) is 0 Å². The second-order valence-electron chi connectivity index (χ2n) is 7.79. The smallest absolute Gasteiger partial charge is 0.305 e. The number of halogens is 3. The number of nitrogens with one attached hydrogen (secondary N) is 4. The lowest BCUT2D eigenvalue weighted by Crippen LogP contribution is -2.41. The van der Waals surface area contributed by atoms with Crippen molar-refractivity contribution in [3.63, 3.8) is 0 Å². The number of hydrogen-bond donors (Lipinski definition) is 7. The van der Waals surface area contributed by atoms with Crippen molar-refractivity contribution in [2.45, 2.75) is 18.6 Å². The molecule has 1 unspecified atom stereocenters. The summed E-state index contributed by atoms with van der Waals surface area (Å²) >= 11 is 7.84. The number of hydrogen-bond acceptors (Lipinski definition) is 8. The molecule has 192 valence electrons. The number of benzene rings is 2. The third-order valence-electron chi connectivity index (χ3n) is 4.94. The van der Waals surface area contributed by atoms with Crippen molar-refractivity contribution < 1.29 is 34.1 Å². The maximum atomic E-state index is 13.2. The number of anilines is 1. The number of carboxylic acids is 1. The van der Waals surface area contributed by atoms with Crippen LogP contribution < -0.4 is 21.3 Å². The fourth-order valence-electron chi connectivity index (χ4n) is 3.33. The Balaban J connectivity index is 1.66. The Kier molecular flexibility index (Phi) is 9.14. The standard InChI is InChI=1S/C22H22ClFIN5O6/c23-11-3-15(20(35)16(25)4-11)17(6-19(33)34)30-18(32)9-26-21(36)10-1-13(5-14(31)2-10)29-22-27-7-12(24)8-28-22/h1-5,12,17,31,35H,6-9H2,(H,26,36)(H,30,32)(H,33,34)(H2,27,28,29)/t17-/m0/s1. The molecule has 0 aromatic heterocycles. The van der Waals surface area contributed by atoms with Crippen LogP contribution in [-0.2, 0) is 9.59 Å². The van der Waals surface area contributed by atoms with Gasteiger partial charge in [0.15, 0.2) is 5.96 Å². The number of aromatic hydroxyl groups is 2. The average molecular weight is 634 g/mol. The van der Waals surface area contributed by atoms with Crippen LogP contribution in [0, 0.1) is 3.57 Å². The van der Waals surface area contributed by atoms with Crippen LogP contribution in [0.1, 0.15) is 28.4 Å². The maximum Gasteiger partial charge on any atom is 0.305 e. The highest BCUT2D eigenvalue weighted by Gasteiger charge is 2.23. The van der Waals surface area contributed by atoms with E-state index in [9.17, 15) is 34.1 Å². The molecule has 0 bridgehead atoms. The minimum absolute atomic E-state index is 0.0222. The Morgan fingerprint density at radius 3 is 2.64 bits per heavy atom. The maximum absolute atomic E-state index is 13.2. The molecule has 3 rings (SSSR count). The molecule has 11 nitrogen and oxygen atoms in total. The molecule has 2 aromatic carbocycles. The third kappa shape index (κ3) is 7.58. The Morgan fingerprint density at radius 1 is 1.22 bits per heavy atom. The number of carbonyl (C=O) groups is 3. The molecule has 0 aliphatic carbocycles. The average Bonchev–Trinajstić information content (AvgIpc) is 2.80. The second kappa shape index (κ2) is 12.1. The van der Waals surface area contributed by atoms with Crippen molar-refractivity contribution in [2.75, 3.05) is 25.0 Å². The van der Waals surface area contributed by atoms with Crippen molar-refractivity contribution in [1.29, 1.82) is 0 Å². The van der Waals surface area contributed by atoms with Gasteiger partial charge in [0.25, 0.3) is 5.91 Å². The molecule has 1 aliphatic rings. The molecule has 0 saturated carbocycles. The van der Waals surface area contributed by atoms with Gasteiger partial charge in [-0.25, -0.2) is 9.38 Å². The van der Waals surface area contributed by atoms with E-state index in [-0.39, 0.29) is 46.7 Å². The molecule has 7 N–H and O–H groups in total. The number of phenolic OH excluding ortho intramolecular Hbond substituents is 2. The number of nitrogens with zero attached hydrogens (tertiary/aromatic N) is 1. The number of amides is 2. The van der Waals surface area contributed by atoms with E-state index in [2.05, 4.69) is 26.3 Å². The highest BCUT2D eigenvalue weighted by Crippen LogP contribution is 2.34. The van der Waals surface area contributed by atoms with Crippen LogP contribution in [0.15, 0.2) is 35.3 Å². The SMILES string of the molecule is O=C(O)C[C@H](NC(=O)CNC(=O)c1cc(O)cc(NC2=NCC(F)CN2)c1)c1cc(Cl)cc(I)c1O. The lowest BCUT2D eigenvalue weighted by molar-refractivity contribution is -0.137. The minimum atomic E-state index is -1.22. The summed E-state index contributed by atoms with van der Waals surface area (Å²) in [5, 5.41) is 40.2. The lowest BCUT2D eigenvalue weighted by Gasteiger charge is -2.20. The summed E-state index contributed by atoms with van der Waals surface area (Å²) in [6, 6.07) is 5.65. The predicted octanol–water partition coefficient (Wildman–Crippen LogP) is 2.13. The highest BCUT2D eigenvalue weighted by atomic mass is 127. The van der Waals surface area contributed by atoms with Gasteiger partial charge in [-0.1, -0.05) is 11.6 Å². The summed E-state index contributed by atoms with van der Waals surface area (Å²) in [4.78, 5) is 40.4. The molecule has 0 saturated heterocycles. The molecule has 0 radical (unpaired) electrons. The number of rotatable bonds is 8. The predicted molar refractivity (Wildman–Crippen MR) is 138 cm³/mol. The van der Waals surface area contributed by atoms with E-state index in [1.807, 2.05) is 22.6 Å². The van der Waals surface area contributed by atoms with Gasteiger partial charge in [0.2, 0.25) is 5.91 Å². The first-order valence-electron chi connectivity index (χ1n) is 10.5. The van der Waals surface area contributed by atoms with Crippen LogP contribution in [0.3, 0.4) is 0 Å². The Labute approximate surface area is 223 Å². The van der Waals surface area contributed by atoms with Crippen LogP contribution in [0.4, 0.5) is 10.1 Å². The number of aliphatic carboxylic acids is 1. The van der Waals surface area contributed by atoms with Gasteiger partial charge in [0.05, 0.1) is 35.7 Å². The van der Waals surface area contributed by atoms with Crippen LogP contribution in [-0.4, -0.2) is 64.9 Å². The van der Waals surface area contributed by atoms with E-state index >= 15 is 0 Å². The Morgan fingerprint density at radius 2 is 1.97 bits per heavy atom. The summed E-state index contributed by atoms with van der Waals surface area (Å²) in [6.45, 7) is -0.467. The first kappa shape index (κ1) is 27.3. The lowest BCUT2D eigenvalue weighted by atomic mass is 10.0. The molecule has 1 heterocycles. The van der Waals surface area contributed by atoms with Crippen molar-refractivity contribution in [2.24, 2.45) is 4.99 Å². The van der Waals surface area contributed by atoms with Crippen molar-refractivity contribution in [1.82, 2.24) is 16.0 Å². The zero-order valence-electron chi connectivity index (χ0n) is 18.5. The quantitative estimate of drug-likeness (QED) is 0.217. The first-order chi connectivity index (χ1) is 17.0. The number of carboxylic acid groups (broad SMARTS) is 1. The van der Waals surface area contributed by atoms with Crippen LogP contribution in [0.5, 0.6) is 11.5 Å². The second-order valence-corrected chi connectivity index (χ2v) is 9.39. The molecule has 14 heteroatoms. The molecule has 1 aliphatic heterocycles. The fraction of sp³-hybridized carbons (Fsp3) is 0.273. The molecular formula is C22H22ClFIN5O6. The summed E-state index contributed by atoms with van der Waals surface area (Å²) in [6.07, 6.45) is -1.64. The molecule has 36 heavy (non-hydrogen) atoms. The van der Waals surface area contributed by atoms with E-state index in [1.54, 1.807) is 0 Å². The monoisotopic (exact) mass is 633 g/mol. The zero-order valence-corrected chi connectivity index (χ0v) is 21.4. The zero-order chi connectivity index (χ0) is 26.4. The molecule has 2 amide bonds. The molecule has 0 fully saturated rings. The molecule has 2 aromatic rings. The van der Waals surface area contributed by atoms with E-state index in [1.165, 1.54) is 30.3 Å². The van der Waals surface area contributed by atoms with Gasteiger partial charge < -0.3 is 36.6 Å². The Hall–Kier alpha value is -3.33.